The lowest BCUT2D eigenvalue weighted by molar-refractivity contribution is 0.0803. The van der Waals surface area contributed by atoms with Crippen LogP contribution in [0.5, 0.6) is 0 Å². The molecule has 0 fully saturated rings. The van der Waals surface area contributed by atoms with Crippen LogP contribution < -0.4 is 0 Å². The zero-order valence-electron chi connectivity index (χ0n) is 9.29. The Labute approximate surface area is 98.3 Å². The number of hydrogen-bond donors (Lipinski definition) is 0. The molecule has 0 radical (unpaired) electrons. The summed E-state index contributed by atoms with van der Waals surface area (Å²) in [4.78, 5) is 27.7. The first-order valence-electron chi connectivity index (χ1n) is 5.22. The Balaban J connectivity index is 2.19. The Morgan fingerprint density at radius 1 is 1.24 bits per heavy atom. The summed E-state index contributed by atoms with van der Waals surface area (Å²) >= 11 is 0. The number of pyridine rings is 1. The van der Waals surface area contributed by atoms with E-state index in [-0.39, 0.29) is 17.3 Å². The minimum atomic E-state index is -0.759. The molecule has 0 N–H and O–H groups in total. The summed E-state index contributed by atoms with van der Waals surface area (Å²) in [6.07, 6.45) is 4.44. The molecule has 0 saturated heterocycles. The fraction of sp³-hybridized carbons (Fsp3) is 0.154. The maximum atomic E-state index is 12.0. The molecule has 2 aromatic rings. The first-order valence-corrected chi connectivity index (χ1v) is 5.22. The Hall–Kier alpha value is -2.23. The molecule has 86 valence electrons. The minimum absolute atomic E-state index is 0.203. The quantitative estimate of drug-likeness (QED) is 0.596. The summed E-state index contributed by atoms with van der Waals surface area (Å²) in [7, 11) is 0. The van der Waals surface area contributed by atoms with Gasteiger partial charge in [0.05, 0.1) is 12.2 Å². The van der Waals surface area contributed by atoms with Gasteiger partial charge < -0.3 is 4.42 Å². The molecule has 2 rings (SSSR count). The van der Waals surface area contributed by atoms with Crippen molar-refractivity contribution in [3.8, 4) is 0 Å². The second-order valence-electron chi connectivity index (χ2n) is 3.67. The molecule has 17 heavy (non-hydrogen) atoms. The van der Waals surface area contributed by atoms with Crippen molar-refractivity contribution in [3.05, 3.63) is 54.2 Å². The van der Waals surface area contributed by atoms with Crippen LogP contribution in [-0.4, -0.2) is 16.6 Å². The predicted octanol–water partition coefficient (Wildman–Crippen LogP) is 2.38. The third kappa shape index (κ3) is 2.30. The maximum absolute atomic E-state index is 12.0. The molecule has 0 saturated carbocycles. The predicted molar refractivity (Wildman–Crippen MR) is 60.8 cm³/mol. The van der Waals surface area contributed by atoms with E-state index in [1.54, 1.807) is 37.4 Å². The van der Waals surface area contributed by atoms with Crippen molar-refractivity contribution in [2.75, 3.05) is 0 Å². The van der Waals surface area contributed by atoms with E-state index in [9.17, 15) is 9.59 Å². The first-order chi connectivity index (χ1) is 8.20. The zero-order valence-corrected chi connectivity index (χ0v) is 9.29. The van der Waals surface area contributed by atoms with Gasteiger partial charge in [0.15, 0.2) is 11.5 Å². The van der Waals surface area contributed by atoms with Gasteiger partial charge in [-0.15, -0.1) is 0 Å². The van der Waals surface area contributed by atoms with Crippen LogP contribution >= 0.6 is 0 Å². The van der Waals surface area contributed by atoms with Gasteiger partial charge >= 0.3 is 0 Å². The third-order valence-electron chi connectivity index (χ3n) is 2.50. The zero-order chi connectivity index (χ0) is 12.3. The first kappa shape index (κ1) is 11.3. The highest BCUT2D eigenvalue weighted by molar-refractivity contribution is 6.14. The molecular weight excluding hydrogens is 218 g/mol. The number of ketones is 2. The van der Waals surface area contributed by atoms with Crippen molar-refractivity contribution >= 4 is 11.6 Å². The molecule has 2 heterocycles. The van der Waals surface area contributed by atoms with E-state index in [2.05, 4.69) is 4.98 Å². The van der Waals surface area contributed by atoms with E-state index < -0.39 is 5.92 Å². The van der Waals surface area contributed by atoms with Crippen LogP contribution in [-0.2, 0) is 0 Å². The van der Waals surface area contributed by atoms with Crippen LogP contribution in [0.3, 0.4) is 0 Å². The van der Waals surface area contributed by atoms with E-state index >= 15 is 0 Å². The van der Waals surface area contributed by atoms with Gasteiger partial charge in [-0.2, -0.15) is 0 Å². The van der Waals surface area contributed by atoms with Crippen molar-refractivity contribution in [1.82, 2.24) is 4.98 Å². The normalized spacial score (nSPS) is 12.1. The molecule has 4 nitrogen and oxygen atoms in total. The topological polar surface area (TPSA) is 60.2 Å². The van der Waals surface area contributed by atoms with Crippen LogP contribution in [0.25, 0.3) is 0 Å². The third-order valence-corrected chi connectivity index (χ3v) is 2.50. The van der Waals surface area contributed by atoms with E-state index in [0.717, 1.165) is 0 Å². The number of hydrogen-bond acceptors (Lipinski definition) is 4. The highest BCUT2D eigenvalue weighted by Crippen LogP contribution is 2.14. The molecule has 0 aliphatic heterocycles. The Morgan fingerprint density at radius 2 is 2.06 bits per heavy atom. The number of nitrogens with zero attached hydrogens (tertiary/aromatic N) is 1. The fourth-order valence-corrected chi connectivity index (χ4v) is 1.51. The summed E-state index contributed by atoms with van der Waals surface area (Å²) in [5.41, 5.74) is 0.430. The minimum Gasteiger partial charge on any atom is -0.461 e. The summed E-state index contributed by atoms with van der Waals surface area (Å²) in [6, 6.07) is 6.47. The van der Waals surface area contributed by atoms with Crippen molar-refractivity contribution in [3.63, 3.8) is 0 Å². The van der Waals surface area contributed by atoms with Crippen molar-refractivity contribution in [2.45, 2.75) is 6.92 Å². The highest BCUT2D eigenvalue weighted by Gasteiger charge is 2.25. The second-order valence-corrected chi connectivity index (χ2v) is 3.67. The smallest absolute Gasteiger partial charge is 0.208 e. The van der Waals surface area contributed by atoms with Crippen LogP contribution in [0, 0.1) is 5.92 Å². The number of aromatic nitrogens is 1. The lowest BCUT2D eigenvalue weighted by atomic mass is 9.95. The molecule has 2 aromatic heterocycles. The SMILES string of the molecule is CC(C(=O)c1cccnc1)C(=O)c1ccco1. The molecule has 1 atom stereocenters. The second kappa shape index (κ2) is 4.74. The van der Waals surface area contributed by atoms with E-state index in [1.165, 1.54) is 12.5 Å². The van der Waals surface area contributed by atoms with Gasteiger partial charge in [-0.25, -0.2) is 0 Å². The average molecular weight is 229 g/mol. The number of Topliss-reactive ketones (excluding diaryl/α,β-unsaturated/α-hetero) is 2. The number of furan rings is 1. The van der Waals surface area contributed by atoms with Crippen molar-refractivity contribution in [2.24, 2.45) is 5.92 Å². The standard InChI is InChI=1S/C13H11NO3/c1-9(13(16)11-5-3-7-17-11)12(15)10-4-2-6-14-8-10/h2-9H,1H3. The molecule has 0 aromatic carbocycles. The van der Waals surface area contributed by atoms with Crippen LogP contribution in [0.15, 0.2) is 47.3 Å². The van der Waals surface area contributed by atoms with Crippen LogP contribution in [0.2, 0.25) is 0 Å². The van der Waals surface area contributed by atoms with Gasteiger partial charge in [-0.05, 0) is 31.2 Å². The Morgan fingerprint density at radius 3 is 2.65 bits per heavy atom. The van der Waals surface area contributed by atoms with Crippen molar-refractivity contribution < 1.29 is 14.0 Å². The summed E-state index contributed by atoms with van der Waals surface area (Å²) in [5, 5.41) is 0. The van der Waals surface area contributed by atoms with E-state index in [4.69, 9.17) is 4.42 Å². The number of carbonyl (C=O) groups is 2. The Kier molecular flexibility index (Phi) is 3.14. The largest absolute Gasteiger partial charge is 0.461 e. The molecule has 0 amide bonds. The molecule has 4 heteroatoms. The molecule has 0 bridgehead atoms. The number of rotatable bonds is 4. The fourth-order valence-electron chi connectivity index (χ4n) is 1.51. The molecule has 1 unspecified atom stereocenters. The summed E-state index contributed by atoms with van der Waals surface area (Å²) in [6.45, 7) is 1.57. The molecule has 0 spiro atoms. The van der Waals surface area contributed by atoms with E-state index in [0.29, 0.717) is 5.56 Å². The van der Waals surface area contributed by atoms with Gasteiger partial charge in [0, 0.05) is 18.0 Å². The van der Waals surface area contributed by atoms with Gasteiger partial charge in [-0.1, -0.05) is 0 Å². The van der Waals surface area contributed by atoms with Gasteiger partial charge in [0.25, 0.3) is 0 Å². The molecular formula is C13H11NO3. The lowest BCUT2D eigenvalue weighted by Crippen LogP contribution is -2.21. The summed E-state index contributed by atoms with van der Waals surface area (Å²) < 4.78 is 4.99. The van der Waals surface area contributed by atoms with Crippen LogP contribution in [0.4, 0.5) is 0 Å². The number of carbonyl (C=O) groups excluding carboxylic acids is 2. The molecule has 0 aliphatic rings. The van der Waals surface area contributed by atoms with Gasteiger partial charge in [0.1, 0.15) is 0 Å². The summed E-state index contributed by atoms with van der Waals surface area (Å²) in [5.74, 6) is -1.12. The van der Waals surface area contributed by atoms with Gasteiger partial charge in [0.2, 0.25) is 5.78 Å². The van der Waals surface area contributed by atoms with Crippen LogP contribution in [0.1, 0.15) is 27.8 Å². The lowest BCUT2D eigenvalue weighted by Gasteiger charge is -2.07. The van der Waals surface area contributed by atoms with Crippen molar-refractivity contribution in [1.29, 1.82) is 0 Å². The Bertz CT molecular complexity index is 517. The van der Waals surface area contributed by atoms with Gasteiger partial charge in [-0.3, -0.25) is 14.6 Å². The average Bonchev–Trinajstić information content (AvgIpc) is 2.91. The van der Waals surface area contributed by atoms with E-state index in [1.807, 2.05) is 0 Å². The highest BCUT2D eigenvalue weighted by atomic mass is 16.3. The maximum Gasteiger partial charge on any atom is 0.208 e. The monoisotopic (exact) mass is 229 g/mol. The molecule has 0 aliphatic carbocycles.